The van der Waals surface area contributed by atoms with Gasteiger partial charge in [0.2, 0.25) is 0 Å². The molecule has 2 aromatic heterocycles. The van der Waals surface area contributed by atoms with Crippen molar-refractivity contribution in [3.05, 3.63) is 83.4 Å². The monoisotopic (exact) mass is 562 g/mol. The van der Waals surface area contributed by atoms with Gasteiger partial charge in [0.15, 0.2) is 0 Å². The zero-order chi connectivity index (χ0) is 28.8. The summed E-state index contributed by atoms with van der Waals surface area (Å²) in [5, 5.41) is 10.8. The van der Waals surface area contributed by atoms with Gasteiger partial charge in [-0.1, -0.05) is 29.8 Å². The molecule has 4 aromatic rings. The third-order valence-electron chi connectivity index (χ3n) is 5.13. The predicted octanol–water partition coefficient (Wildman–Crippen LogP) is 6.72. The van der Waals surface area contributed by atoms with Crippen LogP contribution < -0.4 is 5.32 Å². The normalized spacial score (nSPS) is 12.3. The molecule has 0 aliphatic carbocycles. The minimum absolute atomic E-state index is 0.400. The first-order valence-corrected chi connectivity index (χ1v) is 12.0. The van der Waals surface area contributed by atoms with Crippen LogP contribution in [-0.4, -0.2) is 43.9 Å². The van der Waals surface area contributed by atoms with Crippen molar-refractivity contribution in [2.45, 2.75) is 45.0 Å². The number of pyridine rings is 1. The Kier molecular flexibility index (Phi) is 9.18. The highest BCUT2D eigenvalue weighted by Crippen LogP contribution is 2.26. The molecular weight excluding hydrogens is 537 g/mol. The fourth-order valence-corrected chi connectivity index (χ4v) is 3.57. The standard InChI is InChI=1S/C25H25ClN4O2.C2HF3O2/c1-25(2,3)32-24(31)30-22(14-16-4-7-19(26)8-5-16)23-28-20-9-6-18(15-21(20)29-23)17-10-12-27-13-11-17;3-2(4,5)1(6)7/h4-13,15,22H,14H2,1-3H3,(H,28,29)(H,30,31);(H,6,7). The number of H-pyrrole nitrogens is 1. The Labute approximate surface area is 227 Å². The van der Waals surface area contributed by atoms with Crippen molar-refractivity contribution in [1.29, 1.82) is 0 Å². The number of benzene rings is 2. The zero-order valence-corrected chi connectivity index (χ0v) is 22.0. The number of amides is 1. The molecule has 3 N–H and O–H groups in total. The van der Waals surface area contributed by atoms with Crippen LogP contribution in [0, 0.1) is 0 Å². The van der Waals surface area contributed by atoms with E-state index in [0.29, 0.717) is 17.3 Å². The van der Waals surface area contributed by atoms with Crippen LogP contribution in [-0.2, 0) is 16.0 Å². The quantitative estimate of drug-likeness (QED) is 0.248. The maximum atomic E-state index is 12.5. The smallest absolute Gasteiger partial charge is 0.475 e. The lowest BCUT2D eigenvalue weighted by Gasteiger charge is -2.23. The van der Waals surface area contributed by atoms with E-state index in [2.05, 4.69) is 15.3 Å². The molecule has 39 heavy (non-hydrogen) atoms. The summed E-state index contributed by atoms with van der Waals surface area (Å²) < 4.78 is 37.2. The number of carbonyl (C=O) groups excluding carboxylic acids is 1. The van der Waals surface area contributed by atoms with E-state index < -0.39 is 29.9 Å². The summed E-state index contributed by atoms with van der Waals surface area (Å²) in [6.45, 7) is 5.51. The summed E-state index contributed by atoms with van der Waals surface area (Å²) in [4.78, 5) is 33.6. The Morgan fingerprint density at radius 3 is 2.21 bits per heavy atom. The van der Waals surface area contributed by atoms with Crippen molar-refractivity contribution < 1.29 is 32.6 Å². The summed E-state index contributed by atoms with van der Waals surface area (Å²) in [6, 6.07) is 17.1. The molecule has 0 aliphatic rings. The maximum Gasteiger partial charge on any atom is 0.490 e. The number of carboxylic acid groups (broad SMARTS) is 1. The van der Waals surface area contributed by atoms with Crippen molar-refractivity contribution in [3.8, 4) is 11.1 Å². The highest BCUT2D eigenvalue weighted by Gasteiger charge is 2.38. The number of imidazole rings is 1. The SMILES string of the molecule is CC(C)(C)OC(=O)NC(Cc1ccc(Cl)cc1)c1nc2ccc(-c3ccncc3)cc2[nH]1.O=C(O)C(F)(F)F. The number of carbonyl (C=O) groups is 2. The van der Waals surface area contributed by atoms with Gasteiger partial charge in [-0.05, 0) is 73.9 Å². The van der Waals surface area contributed by atoms with E-state index in [4.69, 9.17) is 31.2 Å². The topological polar surface area (TPSA) is 117 Å². The molecule has 0 bridgehead atoms. The van der Waals surface area contributed by atoms with Crippen LogP contribution in [0.3, 0.4) is 0 Å². The maximum absolute atomic E-state index is 12.5. The number of halogens is 4. The molecule has 0 fully saturated rings. The Bertz CT molecular complexity index is 1420. The van der Waals surface area contributed by atoms with E-state index in [0.717, 1.165) is 27.7 Å². The number of aromatic amines is 1. The lowest BCUT2D eigenvalue weighted by atomic mass is 10.1. The number of carboxylic acids is 1. The third-order valence-corrected chi connectivity index (χ3v) is 5.38. The largest absolute Gasteiger partial charge is 0.490 e. The van der Waals surface area contributed by atoms with Gasteiger partial charge in [0, 0.05) is 23.8 Å². The van der Waals surface area contributed by atoms with Gasteiger partial charge in [-0.25, -0.2) is 14.6 Å². The molecule has 8 nitrogen and oxygen atoms in total. The van der Waals surface area contributed by atoms with Crippen molar-refractivity contribution in [1.82, 2.24) is 20.3 Å². The molecule has 0 saturated carbocycles. The molecule has 0 radical (unpaired) electrons. The molecule has 2 aromatic carbocycles. The Balaban J connectivity index is 0.000000532. The predicted molar refractivity (Wildman–Crippen MR) is 140 cm³/mol. The summed E-state index contributed by atoms with van der Waals surface area (Å²) in [7, 11) is 0. The number of nitrogens with zero attached hydrogens (tertiary/aromatic N) is 2. The van der Waals surface area contributed by atoms with Crippen LogP contribution in [0.4, 0.5) is 18.0 Å². The van der Waals surface area contributed by atoms with Gasteiger partial charge in [-0.15, -0.1) is 0 Å². The summed E-state index contributed by atoms with van der Waals surface area (Å²) >= 11 is 6.03. The Morgan fingerprint density at radius 1 is 1.03 bits per heavy atom. The van der Waals surface area contributed by atoms with Crippen LogP contribution in [0.1, 0.15) is 38.2 Å². The lowest BCUT2D eigenvalue weighted by Crippen LogP contribution is -2.36. The number of hydrogen-bond donors (Lipinski definition) is 3. The average Bonchev–Trinajstić information content (AvgIpc) is 3.28. The molecule has 2 heterocycles. The van der Waals surface area contributed by atoms with Gasteiger partial charge < -0.3 is 20.1 Å². The van der Waals surface area contributed by atoms with Crippen molar-refractivity contribution in [3.63, 3.8) is 0 Å². The first-order valence-electron chi connectivity index (χ1n) is 11.7. The number of alkyl carbamates (subject to hydrolysis) is 1. The molecular formula is C27H26ClF3N4O4. The number of hydrogen-bond acceptors (Lipinski definition) is 5. The Hall–Kier alpha value is -4.12. The molecule has 1 atom stereocenters. The van der Waals surface area contributed by atoms with Crippen LogP contribution in [0.25, 0.3) is 22.2 Å². The van der Waals surface area contributed by atoms with Crippen molar-refractivity contribution in [2.75, 3.05) is 0 Å². The van der Waals surface area contributed by atoms with E-state index in [1.807, 2.05) is 75.4 Å². The number of nitrogens with one attached hydrogen (secondary N) is 2. The fourth-order valence-electron chi connectivity index (χ4n) is 3.44. The summed E-state index contributed by atoms with van der Waals surface area (Å²) in [5.41, 5.74) is 4.27. The molecule has 0 saturated heterocycles. The first kappa shape index (κ1) is 29.4. The molecule has 206 valence electrons. The molecule has 1 unspecified atom stereocenters. The van der Waals surface area contributed by atoms with Gasteiger partial charge in [-0.2, -0.15) is 13.2 Å². The second kappa shape index (κ2) is 12.2. The molecule has 0 aliphatic heterocycles. The minimum atomic E-state index is -5.08. The molecule has 0 spiro atoms. The van der Waals surface area contributed by atoms with E-state index in [1.165, 1.54) is 0 Å². The fraction of sp³-hybridized carbons (Fsp3) is 0.259. The van der Waals surface area contributed by atoms with Crippen molar-refractivity contribution >= 4 is 34.7 Å². The van der Waals surface area contributed by atoms with Crippen LogP contribution in [0.15, 0.2) is 67.0 Å². The number of aromatic nitrogens is 3. The van der Waals surface area contributed by atoms with Crippen LogP contribution in [0.5, 0.6) is 0 Å². The summed E-state index contributed by atoms with van der Waals surface area (Å²) in [5.74, 6) is -2.10. The number of fused-ring (bicyclic) bond motifs is 1. The van der Waals surface area contributed by atoms with Gasteiger partial charge in [-0.3, -0.25) is 4.98 Å². The second-order valence-corrected chi connectivity index (χ2v) is 9.86. The molecule has 4 rings (SSSR count). The van der Waals surface area contributed by atoms with Crippen LogP contribution >= 0.6 is 11.6 Å². The third kappa shape index (κ3) is 8.99. The average molecular weight is 563 g/mol. The Morgan fingerprint density at radius 2 is 1.64 bits per heavy atom. The highest BCUT2D eigenvalue weighted by atomic mass is 35.5. The molecule has 12 heteroatoms. The second-order valence-electron chi connectivity index (χ2n) is 9.42. The van der Waals surface area contributed by atoms with Gasteiger partial charge in [0.1, 0.15) is 11.4 Å². The van der Waals surface area contributed by atoms with E-state index in [9.17, 15) is 18.0 Å². The number of ether oxygens (including phenoxy) is 1. The van der Waals surface area contributed by atoms with E-state index >= 15 is 0 Å². The van der Waals surface area contributed by atoms with E-state index in [1.54, 1.807) is 12.4 Å². The van der Waals surface area contributed by atoms with Crippen molar-refractivity contribution in [2.24, 2.45) is 0 Å². The van der Waals surface area contributed by atoms with Gasteiger partial charge in [0.05, 0.1) is 17.1 Å². The number of aliphatic carboxylic acids is 1. The number of rotatable bonds is 5. The van der Waals surface area contributed by atoms with Crippen LogP contribution in [0.2, 0.25) is 5.02 Å². The molecule has 1 amide bonds. The van der Waals surface area contributed by atoms with Gasteiger partial charge in [0.25, 0.3) is 0 Å². The summed E-state index contributed by atoms with van der Waals surface area (Å²) in [6.07, 6.45) is -1.50. The first-order chi connectivity index (χ1) is 18.2. The lowest BCUT2D eigenvalue weighted by molar-refractivity contribution is -0.192. The highest BCUT2D eigenvalue weighted by molar-refractivity contribution is 6.30. The zero-order valence-electron chi connectivity index (χ0n) is 21.2. The van der Waals surface area contributed by atoms with E-state index in [-0.39, 0.29) is 0 Å². The number of alkyl halides is 3. The van der Waals surface area contributed by atoms with Gasteiger partial charge >= 0.3 is 18.2 Å². The minimum Gasteiger partial charge on any atom is -0.475 e.